The van der Waals surface area contributed by atoms with Crippen molar-refractivity contribution >= 4 is 15.7 Å². The summed E-state index contributed by atoms with van der Waals surface area (Å²) in [4.78, 5) is 9.96. The number of hydrogen-bond acceptors (Lipinski definition) is 5. The van der Waals surface area contributed by atoms with Crippen LogP contribution in [0, 0.1) is 21.7 Å². The first-order chi connectivity index (χ1) is 11.7. The van der Waals surface area contributed by atoms with Gasteiger partial charge in [-0.05, 0) is 29.8 Å². The first kappa shape index (κ1) is 18.7. The van der Waals surface area contributed by atoms with Gasteiger partial charge in [0, 0.05) is 19.7 Å². The lowest BCUT2D eigenvalue weighted by Crippen LogP contribution is -2.26. The Labute approximate surface area is 142 Å². The van der Waals surface area contributed by atoms with Gasteiger partial charge in [-0.25, -0.2) is 17.2 Å². The fourth-order valence-corrected chi connectivity index (χ4v) is 3.31. The molecule has 0 spiro atoms. The molecule has 0 fully saturated rings. The van der Waals surface area contributed by atoms with E-state index in [0.717, 1.165) is 22.5 Å². The highest BCUT2D eigenvalue weighted by Gasteiger charge is 2.25. The molecule has 0 aliphatic carbocycles. The topological polar surface area (TPSA) is 89.8 Å². The van der Waals surface area contributed by atoms with Crippen LogP contribution >= 0.6 is 0 Å². The zero-order chi connectivity index (χ0) is 18.8. The molecule has 0 amide bonds. The van der Waals surface area contributed by atoms with Crippen molar-refractivity contribution in [2.45, 2.75) is 11.4 Å². The smallest absolute Gasteiger partial charge is 0.312 e. The number of methoxy groups -OCH3 is 1. The van der Waals surface area contributed by atoms with E-state index in [1.807, 2.05) is 0 Å². The number of nitrogens with zero attached hydrogens (tertiary/aromatic N) is 2. The lowest BCUT2D eigenvalue weighted by atomic mass is 10.2. The number of nitro groups is 1. The third kappa shape index (κ3) is 3.91. The second kappa shape index (κ2) is 7.11. The van der Waals surface area contributed by atoms with Crippen LogP contribution < -0.4 is 4.74 Å². The normalized spacial score (nSPS) is 11.6. The molecule has 0 N–H and O–H groups in total. The minimum absolute atomic E-state index is 0.0767. The Kier molecular flexibility index (Phi) is 5.33. The van der Waals surface area contributed by atoms with Crippen molar-refractivity contribution in [1.29, 1.82) is 0 Å². The Morgan fingerprint density at radius 3 is 2.40 bits per heavy atom. The number of nitro benzene ring substituents is 1. The van der Waals surface area contributed by atoms with Crippen LogP contribution in [0.15, 0.2) is 41.3 Å². The van der Waals surface area contributed by atoms with E-state index in [4.69, 9.17) is 4.74 Å². The molecule has 0 aromatic heterocycles. The van der Waals surface area contributed by atoms with Gasteiger partial charge in [0.25, 0.3) is 0 Å². The summed E-state index contributed by atoms with van der Waals surface area (Å²) >= 11 is 0. The van der Waals surface area contributed by atoms with Crippen molar-refractivity contribution < 1.29 is 26.9 Å². The fraction of sp³-hybridized carbons (Fsp3) is 0.200. The van der Waals surface area contributed by atoms with Crippen LogP contribution in [0.5, 0.6) is 5.75 Å². The molecule has 2 aromatic rings. The Hall–Kier alpha value is -2.59. The first-order valence-corrected chi connectivity index (χ1v) is 8.33. The summed E-state index contributed by atoms with van der Waals surface area (Å²) in [6, 6.07) is 6.26. The number of benzene rings is 2. The predicted molar refractivity (Wildman–Crippen MR) is 84.7 cm³/mol. The molecule has 0 saturated heterocycles. The number of sulfonamides is 1. The Balaban J connectivity index is 2.35. The molecule has 2 aromatic carbocycles. The summed E-state index contributed by atoms with van der Waals surface area (Å²) in [5, 5.41) is 11.0. The van der Waals surface area contributed by atoms with Crippen molar-refractivity contribution in [2.75, 3.05) is 14.2 Å². The van der Waals surface area contributed by atoms with Gasteiger partial charge in [-0.2, -0.15) is 4.31 Å². The maximum Gasteiger partial charge on any atom is 0.312 e. The zero-order valence-corrected chi connectivity index (χ0v) is 14.1. The average molecular weight is 372 g/mol. The highest BCUT2D eigenvalue weighted by Crippen LogP contribution is 2.30. The number of ether oxygens (including phenoxy) is 1. The van der Waals surface area contributed by atoms with Crippen molar-refractivity contribution in [3.8, 4) is 5.75 Å². The third-order valence-electron chi connectivity index (χ3n) is 3.44. The molecular formula is C15H14F2N2O5S. The number of halogens is 2. The van der Waals surface area contributed by atoms with E-state index >= 15 is 0 Å². The summed E-state index contributed by atoms with van der Waals surface area (Å²) in [5.74, 6) is -2.21. The van der Waals surface area contributed by atoms with E-state index in [9.17, 15) is 27.3 Å². The molecule has 0 saturated carbocycles. The molecule has 0 heterocycles. The molecule has 7 nitrogen and oxygen atoms in total. The Morgan fingerprint density at radius 1 is 1.16 bits per heavy atom. The summed E-state index contributed by atoms with van der Waals surface area (Å²) in [7, 11) is -1.63. The van der Waals surface area contributed by atoms with Crippen LogP contribution in [0.2, 0.25) is 0 Å². The van der Waals surface area contributed by atoms with E-state index in [1.165, 1.54) is 32.4 Å². The maximum atomic E-state index is 13.2. The second-order valence-electron chi connectivity index (χ2n) is 5.10. The van der Waals surface area contributed by atoms with E-state index in [1.54, 1.807) is 0 Å². The monoisotopic (exact) mass is 372 g/mol. The summed E-state index contributed by atoms with van der Waals surface area (Å²) in [5.41, 5.74) is -0.266. The van der Waals surface area contributed by atoms with Gasteiger partial charge in [-0.15, -0.1) is 0 Å². The molecule has 0 atom stereocenters. The molecule has 0 aliphatic heterocycles. The van der Waals surface area contributed by atoms with Gasteiger partial charge in [0.2, 0.25) is 10.0 Å². The van der Waals surface area contributed by atoms with Crippen LogP contribution in [-0.4, -0.2) is 31.8 Å². The summed E-state index contributed by atoms with van der Waals surface area (Å²) < 4.78 is 57.0. The molecular weight excluding hydrogens is 358 g/mol. The highest BCUT2D eigenvalue weighted by molar-refractivity contribution is 7.89. The maximum absolute atomic E-state index is 13.2. The fourth-order valence-electron chi connectivity index (χ4n) is 2.13. The van der Waals surface area contributed by atoms with Crippen LogP contribution in [-0.2, 0) is 16.6 Å². The van der Waals surface area contributed by atoms with Crippen molar-refractivity contribution in [3.05, 3.63) is 63.7 Å². The standard InChI is InChI=1S/C15H14F2N2O5S/c1-18(9-10-3-5-12(16)13(17)7-10)25(22,23)11-4-6-15(24-2)14(8-11)19(20)21/h3-8H,9H2,1-2H3. The SMILES string of the molecule is COc1ccc(S(=O)(=O)N(C)Cc2ccc(F)c(F)c2)cc1[N+](=O)[O-]. The van der Waals surface area contributed by atoms with Gasteiger partial charge in [0.05, 0.1) is 16.9 Å². The van der Waals surface area contributed by atoms with Gasteiger partial charge in [-0.3, -0.25) is 10.1 Å². The highest BCUT2D eigenvalue weighted by atomic mass is 32.2. The lowest BCUT2D eigenvalue weighted by molar-refractivity contribution is -0.386. The quantitative estimate of drug-likeness (QED) is 0.574. The Bertz CT molecular complexity index is 918. The molecule has 0 unspecified atom stereocenters. The predicted octanol–water partition coefficient (Wildman–Crippen LogP) is 2.70. The lowest BCUT2D eigenvalue weighted by Gasteiger charge is -2.17. The van der Waals surface area contributed by atoms with Gasteiger partial charge in [0.15, 0.2) is 17.4 Å². The number of hydrogen-bond donors (Lipinski definition) is 0. The molecule has 0 aliphatic rings. The third-order valence-corrected chi connectivity index (χ3v) is 5.24. The molecule has 10 heteroatoms. The van der Waals surface area contributed by atoms with Gasteiger partial charge in [-0.1, -0.05) is 6.07 Å². The summed E-state index contributed by atoms with van der Waals surface area (Å²) in [6.45, 7) is -0.237. The molecule has 134 valence electrons. The average Bonchev–Trinajstić information content (AvgIpc) is 2.57. The van der Waals surface area contributed by atoms with Crippen LogP contribution in [0.3, 0.4) is 0 Å². The molecule has 0 bridgehead atoms. The van der Waals surface area contributed by atoms with Crippen LogP contribution in [0.25, 0.3) is 0 Å². The van der Waals surface area contributed by atoms with E-state index in [0.29, 0.717) is 0 Å². The van der Waals surface area contributed by atoms with E-state index in [-0.39, 0.29) is 22.8 Å². The number of rotatable bonds is 6. The van der Waals surface area contributed by atoms with Crippen LogP contribution in [0.1, 0.15) is 5.56 Å². The molecule has 0 radical (unpaired) electrons. The first-order valence-electron chi connectivity index (χ1n) is 6.89. The molecule has 25 heavy (non-hydrogen) atoms. The van der Waals surface area contributed by atoms with Crippen molar-refractivity contribution in [3.63, 3.8) is 0 Å². The Morgan fingerprint density at radius 2 is 1.84 bits per heavy atom. The van der Waals surface area contributed by atoms with E-state index < -0.39 is 32.3 Å². The summed E-state index contributed by atoms with van der Waals surface area (Å²) in [6.07, 6.45) is 0. The van der Waals surface area contributed by atoms with Crippen LogP contribution in [0.4, 0.5) is 14.5 Å². The van der Waals surface area contributed by atoms with E-state index in [2.05, 4.69) is 0 Å². The van der Waals surface area contributed by atoms with Gasteiger partial charge >= 0.3 is 5.69 Å². The van der Waals surface area contributed by atoms with Gasteiger partial charge in [0.1, 0.15) is 0 Å². The second-order valence-corrected chi connectivity index (χ2v) is 7.15. The minimum Gasteiger partial charge on any atom is -0.490 e. The minimum atomic E-state index is -4.08. The zero-order valence-electron chi connectivity index (χ0n) is 13.3. The largest absolute Gasteiger partial charge is 0.490 e. The molecule has 2 rings (SSSR count). The van der Waals surface area contributed by atoms with Crippen molar-refractivity contribution in [2.24, 2.45) is 0 Å². The van der Waals surface area contributed by atoms with Gasteiger partial charge < -0.3 is 4.74 Å². The van der Waals surface area contributed by atoms with Crippen molar-refractivity contribution in [1.82, 2.24) is 4.31 Å².